The molecular weight excluding hydrogens is 380 g/mol. The van der Waals surface area contributed by atoms with Crippen LogP contribution >= 0.6 is 27.3 Å². The second-order valence-electron chi connectivity index (χ2n) is 5.66. The largest absolute Gasteiger partial charge is 0.480 e. The second kappa shape index (κ2) is 7.40. The minimum absolute atomic E-state index is 0.230. The predicted molar refractivity (Wildman–Crippen MR) is 94.7 cm³/mol. The van der Waals surface area contributed by atoms with Gasteiger partial charge < -0.3 is 10.4 Å². The number of amides is 1. The summed E-state index contributed by atoms with van der Waals surface area (Å²) in [6.45, 7) is 3.44. The topological polar surface area (TPSA) is 79.3 Å². The van der Waals surface area contributed by atoms with Gasteiger partial charge in [0.25, 0.3) is 0 Å². The summed E-state index contributed by atoms with van der Waals surface area (Å²) in [5.41, 5.74) is -0.300. The number of aryl methyl sites for hydroxylation is 1. The van der Waals surface area contributed by atoms with Gasteiger partial charge in [0.1, 0.15) is 5.54 Å². The number of thiazole rings is 1. The van der Waals surface area contributed by atoms with E-state index in [9.17, 15) is 14.7 Å². The normalized spacial score (nSPS) is 13.7. The van der Waals surface area contributed by atoms with Crippen molar-refractivity contribution in [3.8, 4) is 0 Å². The number of nitrogens with zero attached hydrogens (tertiary/aromatic N) is 1. The fourth-order valence-electron chi connectivity index (χ4n) is 2.37. The standard InChI is InChI=1S/C16H19BrN2O3S/c1-3-8-16(2,15(21)22)19-13(20)6-7-14-18-11-9-10(17)4-5-12(11)23-14/h4-5,9H,3,6-8H2,1-2H3,(H,19,20)(H,21,22). The van der Waals surface area contributed by atoms with Crippen LogP contribution in [0.4, 0.5) is 0 Å². The zero-order valence-corrected chi connectivity index (χ0v) is 15.5. The summed E-state index contributed by atoms with van der Waals surface area (Å²) in [5, 5.41) is 12.8. The molecule has 124 valence electrons. The van der Waals surface area contributed by atoms with Crippen molar-refractivity contribution in [1.29, 1.82) is 0 Å². The number of carbonyl (C=O) groups excluding carboxylic acids is 1. The number of carboxylic acid groups (broad SMARTS) is 1. The van der Waals surface area contributed by atoms with Crippen LogP contribution in [0.3, 0.4) is 0 Å². The van der Waals surface area contributed by atoms with Gasteiger partial charge in [0.2, 0.25) is 5.91 Å². The first-order chi connectivity index (χ1) is 10.8. The highest BCUT2D eigenvalue weighted by Gasteiger charge is 2.33. The van der Waals surface area contributed by atoms with E-state index in [2.05, 4.69) is 26.2 Å². The van der Waals surface area contributed by atoms with Gasteiger partial charge in [-0.2, -0.15) is 0 Å². The molecule has 2 rings (SSSR count). The Balaban J connectivity index is 1.98. The first-order valence-corrected chi connectivity index (χ1v) is 9.04. The number of hydrogen-bond acceptors (Lipinski definition) is 4. The molecular formula is C16H19BrN2O3S. The summed E-state index contributed by atoms with van der Waals surface area (Å²) in [6, 6.07) is 5.89. The third kappa shape index (κ3) is 4.51. The molecule has 0 saturated heterocycles. The number of halogens is 1. The number of nitrogens with one attached hydrogen (secondary N) is 1. The molecule has 0 radical (unpaired) electrons. The van der Waals surface area contributed by atoms with Crippen LogP contribution in [0.2, 0.25) is 0 Å². The molecule has 1 aromatic heterocycles. The van der Waals surface area contributed by atoms with Crippen molar-refractivity contribution in [2.24, 2.45) is 0 Å². The lowest BCUT2D eigenvalue weighted by molar-refractivity contribution is -0.147. The monoisotopic (exact) mass is 398 g/mol. The minimum atomic E-state index is -1.20. The van der Waals surface area contributed by atoms with E-state index in [4.69, 9.17) is 0 Å². The van der Waals surface area contributed by atoms with E-state index in [1.165, 1.54) is 0 Å². The average molecular weight is 399 g/mol. The van der Waals surface area contributed by atoms with Crippen LogP contribution in [0.25, 0.3) is 10.2 Å². The quantitative estimate of drug-likeness (QED) is 0.743. The van der Waals surface area contributed by atoms with Crippen molar-refractivity contribution < 1.29 is 14.7 Å². The van der Waals surface area contributed by atoms with Gasteiger partial charge in [-0.25, -0.2) is 9.78 Å². The summed E-state index contributed by atoms with van der Waals surface area (Å²) < 4.78 is 2.04. The molecule has 7 heteroatoms. The van der Waals surface area contributed by atoms with E-state index >= 15 is 0 Å². The van der Waals surface area contributed by atoms with Gasteiger partial charge in [0.15, 0.2) is 0 Å². The Morgan fingerprint density at radius 2 is 2.17 bits per heavy atom. The minimum Gasteiger partial charge on any atom is -0.480 e. The lowest BCUT2D eigenvalue weighted by Gasteiger charge is -2.25. The maximum absolute atomic E-state index is 12.1. The van der Waals surface area contributed by atoms with Crippen molar-refractivity contribution in [2.75, 3.05) is 0 Å². The molecule has 5 nitrogen and oxygen atoms in total. The van der Waals surface area contributed by atoms with Gasteiger partial charge in [0, 0.05) is 17.3 Å². The van der Waals surface area contributed by atoms with Crippen molar-refractivity contribution in [1.82, 2.24) is 10.3 Å². The lowest BCUT2D eigenvalue weighted by atomic mass is 9.96. The third-order valence-corrected chi connectivity index (χ3v) is 5.19. The van der Waals surface area contributed by atoms with E-state index in [1.54, 1.807) is 18.3 Å². The number of hydrogen-bond donors (Lipinski definition) is 2. The predicted octanol–water partition coefficient (Wildman–Crippen LogP) is 3.75. The molecule has 2 aromatic rings. The Labute approximate surface area is 147 Å². The van der Waals surface area contributed by atoms with Gasteiger partial charge >= 0.3 is 5.97 Å². The fraction of sp³-hybridized carbons (Fsp3) is 0.438. The first kappa shape index (κ1) is 17.9. The van der Waals surface area contributed by atoms with E-state index < -0.39 is 11.5 Å². The first-order valence-electron chi connectivity index (χ1n) is 7.43. The molecule has 1 amide bonds. The zero-order valence-electron chi connectivity index (χ0n) is 13.1. The van der Waals surface area contributed by atoms with Crippen LogP contribution in [0.15, 0.2) is 22.7 Å². The molecule has 1 aromatic carbocycles. The summed E-state index contributed by atoms with van der Waals surface area (Å²) >= 11 is 4.96. The summed E-state index contributed by atoms with van der Waals surface area (Å²) in [4.78, 5) is 27.9. The maximum atomic E-state index is 12.1. The van der Waals surface area contributed by atoms with Gasteiger partial charge in [-0.05, 0) is 31.5 Å². The molecule has 2 N–H and O–H groups in total. The third-order valence-electron chi connectivity index (χ3n) is 3.60. The molecule has 0 spiro atoms. The molecule has 0 fully saturated rings. The molecule has 0 saturated carbocycles. The fourth-order valence-corrected chi connectivity index (χ4v) is 3.66. The average Bonchev–Trinajstić information content (AvgIpc) is 2.87. The SMILES string of the molecule is CCCC(C)(NC(=O)CCc1nc2cc(Br)ccc2s1)C(=O)O. The number of carbonyl (C=O) groups is 2. The van der Waals surface area contributed by atoms with Crippen LogP contribution in [0.5, 0.6) is 0 Å². The van der Waals surface area contributed by atoms with Crippen LogP contribution in [0.1, 0.15) is 38.1 Å². The van der Waals surface area contributed by atoms with Crippen LogP contribution in [-0.2, 0) is 16.0 Å². The second-order valence-corrected chi connectivity index (χ2v) is 7.69. The highest BCUT2D eigenvalue weighted by molar-refractivity contribution is 9.10. The van der Waals surface area contributed by atoms with E-state index in [0.29, 0.717) is 19.3 Å². The Hall–Kier alpha value is -1.47. The Morgan fingerprint density at radius 3 is 2.83 bits per heavy atom. The Morgan fingerprint density at radius 1 is 1.43 bits per heavy atom. The number of fused-ring (bicyclic) bond motifs is 1. The van der Waals surface area contributed by atoms with Gasteiger partial charge in [0.05, 0.1) is 15.2 Å². The van der Waals surface area contributed by atoms with Gasteiger partial charge in [-0.1, -0.05) is 29.3 Å². The molecule has 1 atom stereocenters. The molecule has 0 aliphatic rings. The van der Waals surface area contributed by atoms with Crippen molar-refractivity contribution in [2.45, 2.75) is 45.1 Å². The maximum Gasteiger partial charge on any atom is 0.329 e. The number of rotatable bonds is 7. The van der Waals surface area contributed by atoms with E-state index in [0.717, 1.165) is 19.7 Å². The van der Waals surface area contributed by atoms with Crippen molar-refractivity contribution in [3.05, 3.63) is 27.7 Å². The van der Waals surface area contributed by atoms with Crippen molar-refractivity contribution >= 4 is 49.4 Å². The van der Waals surface area contributed by atoms with Crippen LogP contribution in [-0.4, -0.2) is 27.5 Å². The van der Waals surface area contributed by atoms with Gasteiger partial charge in [-0.15, -0.1) is 11.3 Å². The Kier molecular flexibility index (Phi) is 5.75. The van der Waals surface area contributed by atoms with Crippen LogP contribution < -0.4 is 5.32 Å². The Bertz CT molecular complexity index is 731. The molecule has 1 heterocycles. The molecule has 1 unspecified atom stereocenters. The molecule has 0 bridgehead atoms. The van der Waals surface area contributed by atoms with Crippen molar-refractivity contribution in [3.63, 3.8) is 0 Å². The van der Waals surface area contributed by atoms with E-state index in [-0.39, 0.29) is 12.3 Å². The highest BCUT2D eigenvalue weighted by atomic mass is 79.9. The number of carboxylic acids is 1. The van der Waals surface area contributed by atoms with Crippen LogP contribution in [0, 0.1) is 0 Å². The summed E-state index contributed by atoms with van der Waals surface area (Å²) in [5.74, 6) is -1.26. The number of benzene rings is 1. The molecule has 0 aliphatic heterocycles. The highest BCUT2D eigenvalue weighted by Crippen LogP contribution is 2.26. The van der Waals surface area contributed by atoms with Gasteiger partial charge in [-0.3, -0.25) is 4.79 Å². The molecule has 0 aliphatic carbocycles. The number of aliphatic carboxylic acids is 1. The number of aromatic nitrogens is 1. The summed E-state index contributed by atoms with van der Waals surface area (Å²) in [7, 11) is 0. The smallest absolute Gasteiger partial charge is 0.329 e. The van der Waals surface area contributed by atoms with E-state index in [1.807, 2.05) is 25.1 Å². The lowest BCUT2D eigenvalue weighted by Crippen LogP contribution is -2.52. The zero-order chi connectivity index (χ0) is 17.0. The summed E-state index contributed by atoms with van der Waals surface area (Å²) in [6.07, 6.45) is 1.83. The molecule has 23 heavy (non-hydrogen) atoms.